The van der Waals surface area contributed by atoms with Crippen LogP contribution in [0.5, 0.6) is 0 Å². The van der Waals surface area contributed by atoms with Crippen molar-refractivity contribution in [3.63, 3.8) is 0 Å². The van der Waals surface area contributed by atoms with Crippen molar-refractivity contribution in [2.45, 2.75) is 19.5 Å². The molecular formula is C21H19N3O3. The van der Waals surface area contributed by atoms with Crippen molar-refractivity contribution in [2.24, 2.45) is 0 Å². The maximum atomic E-state index is 12.9. The summed E-state index contributed by atoms with van der Waals surface area (Å²) in [5, 5.41) is 10.7. The molecule has 1 aromatic heterocycles. The Bertz CT molecular complexity index is 855. The minimum absolute atomic E-state index is 0.0796. The van der Waals surface area contributed by atoms with Crippen LogP contribution in [-0.2, 0) is 24.3 Å². The van der Waals surface area contributed by atoms with Gasteiger partial charge in [0.2, 0.25) is 5.91 Å². The molecule has 136 valence electrons. The Morgan fingerprint density at radius 1 is 0.889 bits per heavy atom. The fourth-order valence-electron chi connectivity index (χ4n) is 2.74. The van der Waals surface area contributed by atoms with Gasteiger partial charge < -0.3 is 4.90 Å². The average molecular weight is 361 g/mol. The van der Waals surface area contributed by atoms with E-state index in [1.807, 2.05) is 60.7 Å². The minimum atomic E-state index is -0.504. The summed E-state index contributed by atoms with van der Waals surface area (Å²) in [5.41, 5.74) is 2.50. The van der Waals surface area contributed by atoms with Gasteiger partial charge in [-0.15, -0.1) is 0 Å². The van der Waals surface area contributed by atoms with Crippen molar-refractivity contribution in [3.8, 4) is 0 Å². The van der Waals surface area contributed by atoms with Gasteiger partial charge in [-0.05, 0) is 17.2 Å². The fraction of sp³-hybridized carbons (Fsp3) is 0.143. The molecule has 1 amide bonds. The van der Waals surface area contributed by atoms with Crippen LogP contribution in [0, 0.1) is 10.1 Å². The van der Waals surface area contributed by atoms with Gasteiger partial charge in [0.05, 0.1) is 17.0 Å². The molecule has 0 saturated heterocycles. The van der Waals surface area contributed by atoms with Gasteiger partial charge in [-0.1, -0.05) is 60.7 Å². The molecule has 0 aliphatic carbocycles. The van der Waals surface area contributed by atoms with Crippen LogP contribution in [-0.4, -0.2) is 20.7 Å². The summed E-state index contributed by atoms with van der Waals surface area (Å²) in [4.78, 5) is 28.9. The summed E-state index contributed by atoms with van der Waals surface area (Å²) >= 11 is 0. The van der Waals surface area contributed by atoms with Crippen LogP contribution in [0.15, 0.2) is 79.0 Å². The van der Waals surface area contributed by atoms with E-state index < -0.39 is 4.92 Å². The fourth-order valence-corrected chi connectivity index (χ4v) is 2.74. The Labute approximate surface area is 157 Å². The number of hydrogen-bond donors (Lipinski definition) is 0. The molecule has 0 fully saturated rings. The van der Waals surface area contributed by atoms with Gasteiger partial charge in [-0.3, -0.25) is 19.9 Å². The van der Waals surface area contributed by atoms with Gasteiger partial charge in [-0.2, -0.15) is 0 Å². The third-order valence-corrected chi connectivity index (χ3v) is 4.14. The molecule has 6 heteroatoms. The molecule has 0 aliphatic rings. The molecule has 0 unspecified atom stereocenters. The molecule has 0 radical (unpaired) electrons. The van der Waals surface area contributed by atoms with Crippen molar-refractivity contribution in [2.75, 3.05) is 0 Å². The third-order valence-electron chi connectivity index (χ3n) is 4.14. The lowest BCUT2D eigenvalue weighted by molar-refractivity contribution is -0.385. The Balaban J connectivity index is 1.76. The molecule has 0 atom stereocenters. The predicted octanol–water partition coefficient (Wildman–Crippen LogP) is 3.76. The van der Waals surface area contributed by atoms with Crippen molar-refractivity contribution >= 4 is 11.6 Å². The Kier molecular flexibility index (Phi) is 5.89. The minimum Gasteiger partial charge on any atom is -0.334 e. The summed E-state index contributed by atoms with van der Waals surface area (Å²) < 4.78 is 0. The van der Waals surface area contributed by atoms with Crippen molar-refractivity contribution in [1.29, 1.82) is 0 Å². The number of carbonyl (C=O) groups excluding carboxylic acids is 1. The molecule has 27 heavy (non-hydrogen) atoms. The molecule has 1 heterocycles. The highest BCUT2D eigenvalue weighted by Gasteiger charge is 2.16. The van der Waals surface area contributed by atoms with Crippen molar-refractivity contribution < 1.29 is 9.72 Å². The lowest BCUT2D eigenvalue weighted by Gasteiger charge is -2.23. The van der Waals surface area contributed by atoms with E-state index in [4.69, 9.17) is 0 Å². The summed E-state index contributed by atoms with van der Waals surface area (Å²) in [6.45, 7) is 0.975. The molecule has 3 rings (SSSR count). The summed E-state index contributed by atoms with van der Waals surface area (Å²) in [6, 6.07) is 22.5. The van der Waals surface area contributed by atoms with E-state index >= 15 is 0 Å². The quantitative estimate of drug-likeness (QED) is 0.474. The monoisotopic (exact) mass is 361 g/mol. The maximum absolute atomic E-state index is 12.9. The lowest BCUT2D eigenvalue weighted by atomic mass is 10.1. The second-order valence-electron chi connectivity index (χ2n) is 6.16. The zero-order chi connectivity index (χ0) is 19.1. The molecule has 0 spiro atoms. The number of nitrogens with zero attached hydrogens (tertiary/aromatic N) is 3. The van der Waals surface area contributed by atoms with Crippen LogP contribution in [0.4, 0.5) is 5.69 Å². The van der Waals surface area contributed by atoms with E-state index in [2.05, 4.69) is 4.98 Å². The zero-order valence-electron chi connectivity index (χ0n) is 14.7. The highest BCUT2D eigenvalue weighted by molar-refractivity contribution is 5.78. The molecule has 2 aromatic carbocycles. The number of hydrogen-bond acceptors (Lipinski definition) is 4. The van der Waals surface area contributed by atoms with E-state index in [-0.39, 0.29) is 18.0 Å². The van der Waals surface area contributed by atoms with Gasteiger partial charge in [0.15, 0.2) is 0 Å². The van der Waals surface area contributed by atoms with Crippen LogP contribution in [0.3, 0.4) is 0 Å². The van der Waals surface area contributed by atoms with Gasteiger partial charge in [0, 0.05) is 19.2 Å². The van der Waals surface area contributed by atoms with Gasteiger partial charge in [0.1, 0.15) is 6.20 Å². The number of rotatable bonds is 7. The number of aromatic nitrogens is 1. The van der Waals surface area contributed by atoms with Crippen molar-refractivity contribution in [1.82, 2.24) is 9.88 Å². The molecule has 0 N–H and O–H groups in total. The smallest absolute Gasteiger partial charge is 0.287 e. The standard InChI is InChI=1S/C21H19N3O3/c25-21(13-19-11-12-20(14-22-19)24(26)27)23(15-17-7-3-1-4-8-17)16-18-9-5-2-6-10-18/h1-12,14H,13,15-16H2. The SMILES string of the molecule is O=C(Cc1ccc([N+](=O)[O-])cn1)N(Cc1ccccc1)Cc1ccccc1. The van der Waals surface area contributed by atoms with E-state index in [1.165, 1.54) is 18.3 Å². The number of nitro groups is 1. The van der Waals surface area contributed by atoms with Gasteiger partial charge in [0.25, 0.3) is 5.69 Å². The van der Waals surface area contributed by atoms with Gasteiger partial charge >= 0.3 is 0 Å². The molecule has 3 aromatic rings. The Morgan fingerprint density at radius 3 is 1.89 bits per heavy atom. The first-order chi connectivity index (χ1) is 13.1. The number of amides is 1. The summed E-state index contributed by atoms with van der Waals surface area (Å²) in [7, 11) is 0. The topological polar surface area (TPSA) is 76.3 Å². The third kappa shape index (κ3) is 5.22. The van der Waals surface area contributed by atoms with Crippen LogP contribution < -0.4 is 0 Å². The van der Waals surface area contributed by atoms with Crippen LogP contribution in [0.1, 0.15) is 16.8 Å². The number of carbonyl (C=O) groups is 1. The first-order valence-corrected chi connectivity index (χ1v) is 8.57. The second kappa shape index (κ2) is 8.71. The molecule has 0 bridgehead atoms. The Morgan fingerprint density at radius 2 is 1.44 bits per heavy atom. The highest BCUT2D eigenvalue weighted by atomic mass is 16.6. The summed E-state index contributed by atoms with van der Waals surface area (Å²) in [6.07, 6.45) is 1.28. The van der Waals surface area contributed by atoms with Crippen LogP contribution >= 0.6 is 0 Å². The van der Waals surface area contributed by atoms with E-state index in [0.717, 1.165) is 11.1 Å². The maximum Gasteiger partial charge on any atom is 0.287 e. The second-order valence-corrected chi connectivity index (χ2v) is 6.16. The van der Waals surface area contributed by atoms with E-state index in [1.54, 1.807) is 4.90 Å². The van der Waals surface area contributed by atoms with E-state index in [9.17, 15) is 14.9 Å². The molecule has 0 saturated carbocycles. The average Bonchev–Trinajstić information content (AvgIpc) is 2.69. The zero-order valence-corrected chi connectivity index (χ0v) is 14.7. The normalized spacial score (nSPS) is 10.4. The predicted molar refractivity (Wildman–Crippen MR) is 102 cm³/mol. The van der Waals surface area contributed by atoms with E-state index in [0.29, 0.717) is 18.8 Å². The Hall–Kier alpha value is -3.54. The van der Waals surface area contributed by atoms with Gasteiger partial charge in [-0.25, -0.2) is 0 Å². The molecule has 6 nitrogen and oxygen atoms in total. The molecule has 0 aliphatic heterocycles. The number of pyridine rings is 1. The first-order valence-electron chi connectivity index (χ1n) is 8.57. The van der Waals surface area contributed by atoms with Crippen molar-refractivity contribution in [3.05, 3.63) is 106 Å². The summed E-state index contributed by atoms with van der Waals surface area (Å²) in [5.74, 6) is -0.0796. The highest BCUT2D eigenvalue weighted by Crippen LogP contribution is 2.14. The largest absolute Gasteiger partial charge is 0.334 e. The lowest BCUT2D eigenvalue weighted by Crippen LogP contribution is -2.31. The molecular weight excluding hydrogens is 342 g/mol. The van der Waals surface area contributed by atoms with Crippen LogP contribution in [0.2, 0.25) is 0 Å². The number of benzene rings is 2. The van der Waals surface area contributed by atoms with Crippen LogP contribution in [0.25, 0.3) is 0 Å². The first kappa shape index (κ1) is 18.3.